The molecule has 400 valence electrons. The van der Waals surface area contributed by atoms with E-state index in [9.17, 15) is 51.1 Å². The van der Waals surface area contributed by atoms with Crippen molar-refractivity contribution in [3.8, 4) is 0 Å². The lowest BCUT2D eigenvalue weighted by molar-refractivity contribution is -0.407. The van der Waals surface area contributed by atoms with Crippen LogP contribution in [0.25, 0.3) is 0 Å². The van der Waals surface area contributed by atoms with E-state index in [2.05, 4.69) is 39.1 Å². The standard InChI is InChI=1S/C50H81NO19/c1-20-9-14-50(51-17-20)21(2)32-30(70-50)16-28-26-8-7-24-15-25(10-12-48(24,5)27(26)11-13-49(28,32)6)65-47-43(69-46-40(61)37(58)34(55)23(4)64-46)42(68-44-38(59)35(56)29(53)19-62-44)41(31(18-52)66-47)67-45-39(60)36(57)33(54)22(3)63-45/h7,20-23,25-47,51-61H,8-19H2,1-6H3/t20?,21-,22-,23-,25-,26+,27-,28-,29+,30-,31+,32-,33-,34-,35-,36+,37+,38+,39+,40+,41+,42-,43+,44-,45-,46-,47+,48-,49-,50+/m0/s1. The van der Waals surface area contributed by atoms with Gasteiger partial charge in [0.05, 0.1) is 37.6 Å². The predicted molar refractivity (Wildman–Crippen MR) is 241 cm³/mol. The van der Waals surface area contributed by atoms with Gasteiger partial charge < -0.3 is 93.7 Å². The molecule has 0 aromatic carbocycles. The van der Waals surface area contributed by atoms with E-state index in [1.54, 1.807) is 0 Å². The van der Waals surface area contributed by atoms with Crippen molar-refractivity contribution in [3.63, 3.8) is 0 Å². The fraction of sp³-hybridized carbons (Fsp3) is 0.960. The zero-order valence-electron chi connectivity index (χ0n) is 41.3. The van der Waals surface area contributed by atoms with Crippen LogP contribution >= 0.6 is 0 Å². The van der Waals surface area contributed by atoms with Gasteiger partial charge in [0.1, 0.15) is 85.1 Å². The third-order valence-corrected chi connectivity index (χ3v) is 19.6. The number of aliphatic hydroxyl groups is 10. The highest BCUT2D eigenvalue weighted by Gasteiger charge is 2.68. The number of allylic oxidation sites excluding steroid dienone is 1. The van der Waals surface area contributed by atoms with Crippen LogP contribution in [0.5, 0.6) is 0 Å². The van der Waals surface area contributed by atoms with Gasteiger partial charge in [0.15, 0.2) is 25.2 Å². The second-order valence-corrected chi connectivity index (χ2v) is 23.6. The summed E-state index contributed by atoms with van der Waals surface area (Å²) in [5.74, 6) is 3.16. The van der Waals surface area contributed by atoms with Crippen LogP contribution in [0.4, 0.5) is 0 Å². The Hall–Kier alpha value is -1.06. The molecule has 9 fully saturated rings. The molecule has 20 heteroatoms. The minimum absolute atomic E-state index is 0.0821. The lowest BCUT2D eigenvalue weighted by Crippen LogP contribution is -2.68. The Kier molecular flexibility index (Phi) is 14.8. The quantitative estimate of drug-likeness (QED) is 0.127. The second-order valence-electron chi connectivity index (χ2n) is 23.6. The molecule has 10 aliphatic rings. The van der Waals surface area contributed by atoms with Crippen LogP contribution in [0.2, 0.25) is 0 Å². The van der Waals surface area contributed by atoms with Crippen LogP contribution in [0.3, 0.4) is 0 Å². The number of piperidine rings is 1. The highest BCUT2D eigenvalue weighted by molar-refractivity contribution is 5.27. The molecule has 1 unspecified atom stereocenters. The van der Waals surface area contributed by atoms with Crippen molar-refractivity contribution in [2.45, 2.75) is 234 Å². The van der Waals surface area contributed by atoms with Gasteiger partial charge in [0.2, 0.25) is 0 Å². The number of hydrogen-bond donors (Lipinski definition) is 11. The maximum Gasteiger partial charge on any atom is 0.187 e. The third-order valence-electron chi connectivity index (χ3n) is 19.6. The van der Waals surface area contributed by atoms with E-state index in [1.807, 2.05) is 0 Å². The Morgan fingerprint density at radius 2 is 1.30 bits per heavy atom. The lowest BCUT2D eigenvalue weighted by Gasteiger charge is -2.59. The molecule has 0 aromatic heterocycles. The smallest absolute Gasteiger partial charge is 0.187 e. The monoisotopic (exact) mass is 1000 g/mol. The summed E-state index contributed by atoms with van der Waals surface area (Å²) in [7, 11) is 0. The number of aliphatic hydroxyl groups excluding tert-OH is 10. The first-order valence-electron chi connectivity index (χ1n) is 26.2. The molecule has 20 nitrogen and oxygen atoms in total. The average Bonchev–Trinajstić information content (AvgIpc) is 3.79. The summed E-state index contributed by atoms with van der Waals surface area (Å²) in [4.78, 5) is 0. The van der Waals surface area contributed by atoms with E-state index in [4.69, 9.17) is 42.6 Å². The Morgan fingerprint density at radius 3 is 1.94 bits per heavy atom. The molecule has 6 saturated heterocycles. The van der Waals surface area contributed by atoms with E-state index in [-0.39, 0.29) is 22.7 Å². The van der Waals surface area contributed by atoms with E-state index in [0.717, 1.165) is 45.1 Å². The highest BCUT2D eigenvalue weighted by atomic mass is 16.8. The van der Waals surface area contributed by atoms with Crippen molar-refractivity contribution in [1.82, 2.24) is 5.32 Å². The highest BCUT2D eigenvalue weighted by Crippen LogP contribution is 2.70. The van der Waals surface area contributed by atoms with Crippen LogP contribution in [-0.2, 0) is 42.6 Å². The normalized spacial score (nSPS) is 58.0. The Bertz CT molecular complexity index is 1860. The molecule has 10 rings (SSSR count). The zero-order chi connectivity index (χ0) is 49.9. The van der Waals surface area contributed by atoms with Gasteiger partial charge in [0.25, 0.3) is 0 Å². The second kappa shape index (κ2) is 19.8. The topological polar surface area (TPSA) is 297 Å². The molecular weight excluding hydrogens is 919 g/mol. The lowest BCUT2D eigenvalue weighted by atomic mass is 9.47. The summed E-state index contributed by atoms with van der Waals surface area (Å²) >= 11 is 0. The Labute approximate surface area is 409 Å². The molecule has 0 bridgehead atoms. The van der Waals surface area contributed by atoms with Crippen LogP contribution in [-0.4, -0.2) is 205 Å². The average molecular weight is 1000 g/mol. The minimum Gasteiger partial charge on any atom is -0.394 e. The summed E-state index contributed by atoms with van der Waals surface area (Å²) in [6.07, 6.45) is -18.7. The van der Waals surface area contributed by atoms with Crippen molar-refractivity contribution in [2.75, 3.05) is 19.8 Å². The Balaban J connectivity index is 0.920. The Morgan fingerprint density at radius 1 is 0.657 bits per heavy atom. The van der Waals surface area contributed by atoms with E-state index < -0.39 is 136 Å². The zero-order valence-corrected chi connectivity index (χ0v) is 41.3. The van der Waals surface area contributed by atoms with Crippen molar-refractivity contribution < 1.29 is 93.7 Å². The van der Waals surface area contributed by atoms with Gasteiger partial charge in [-0.15, -0.1) is 0 Å². The van der Waals surface area contributed by atoms with Crippen molar-refractivity contribution in [3.05, 3.63) is 11.6 Å². The maximum atomic E-state index is 11.3. The van der Waals surface area contributed by atoms with E-state index in [0.29, 0.717) is 48.3 Å². The van der Waals surface area contributed by atoms with Gasteiger partial charge in [-0.25, -0.2) is 0 Å². The molecular formula is C50H81NO19. The first-order chi connectivity index (χ1) is 33.2. The largest absolute Gasteiger partial charge is 0.394 e. The number of nitrogens with one attached hydrogen (secondary N) is 1. The molecule has 6 aliphatic heterocycles. The van der Waals surface area contributed by atoms with Gasteiger partial charge >= 0.3 is 0 Å². The summed E-state index contributed by atoms with van der Waals surface area (Å²) < 4.78 is 57.2. The summed E-state index contributed by atoms with van der Waals surface area (Å²) in [6, 6.07) is 0. The van der Waals surface area contributed by atoms with Crippen molar-refractivity contribution in [2.24, 2.45) is 46.3 Å². The van der Waals surface area contributed by atoms with E-state index >= 15 is 0 Å². The molecule has 0 amide bonds. The molecule has 70 heavy (non-hydrogen) atoms. The summed E-state index contributed by atoms with van der Waals surface area (Å²) in [5, 5.41) is 112. The van der Waals surface area contributed by atoms with Gasteiger partial charge in [0, 0.05) is 12.5 Å². The van der Waals surface area contributed by atoms with Crippen LogP contribution in [0.15, 0.2) is 11.6 Å². The van der Waals surface area contributed by atoms with Gasteiger partial charge in [-0.3, -0.25) is 5.32 Å². The van der Waals surface area contributed by atoms with Crippen LogP contribution < -0.4 is 5.32 Å². The van der Waals surface area contributed by atoms with Crippen molar-refractivity contribution >= 4 is 0 Å². The van der Waals surface area contributed by atoms with Crippen LogP contribution in [0, 0.1) is 46.3 Å². The molecule has 3 saturated carbocycles. The van der Waals surface area contributed by atoms with Crippen molar-refractivity contribution in [1.29, 1.82) is 0 Å². The molecule has 30 atom stereocenters. The molecule has 0 radical (unpaired) electrons. The molecule has 0 aromatic rings. The van der Waals surface area contributed by atoms with Gasteiger partial charge in [-0.05, 0) is 112 Å². The molecule has 1 spiro atoms. The minimum atomic E-state index is -1.83. The van der Waals surface area contributed by atoms with Crippen LogP contribution in [0.1, 0.15) is 99.3 Å². The molecule has 6 heterocycles. The number of fused-ring (bicyclic) bond motifs is 7. The predicted octanol–water partition coefficient (Wildman–Crippen LogP) is -0.722. The third kappa shape index (κ3) is 8.79. The maximum absolute atomic E-state index is 11.3. The fourth-order valence-electron chi connectivity index (χ4n) is 15.3. The molecule has 4 aliphatic carbocycles. The van der Waals surface area contributed by atoms with Gasteiger partial charge in [-0.1, -0.05) is 39.3 Å². The van der Waals surface area contributed by atoms with Gasteiger partial charge in [-0.2, -0.15) is 0 Å². The summed E-state index contributed by atoms with van der Waals surface area (Å²) in [5.41, 5.74) is 1.19. The first-order valence-corrected chi connectivity index (χ1v) is 26.2. The molecule has 11 N–H and O–H groups in total. The SMILES string of the molecule is CC1CC[C@@]2(NC1)O[C@H]1C[C@H]3[C@@H]4CC=C5C[C@@H](O[C@@H]6O[C@H](CO)[C@@H](O[C@@H]7O[C@@H](C)[C@H](O)[C@@H](O)[C@H]7O)[C@H](O[C@@H]7OC[C@@H](O)[C@H](O)[C@H]7O)[C@H]6O[C@@H]6O[C@@H](C)[C@H](O)[C@@H](O)[C@H]6O)CC[C@]5(C)[C@H]4CC[C@]3(C)[C@H]1[C@@H]2C. The van der Waals surface area contributed by atoms with E-state index in [1.165, 1.54) is 25.8 Å². The summed E-state index contributed by atoms with van der Waals surface area (Å²) in [6.45, 7) is 12.5. The number of hydrogen-bond acceptors (Lipinski definition) is 20. The fourth-order valence-corrected chi connectivity index (χ4v) is 15.3. The first kappa shape index (κ1) is 52.4. The number of ether oxygens (including phenoxy) is 9. The number of rotatable bonds is 9.